The average Bonchev–Trinajstić information content (AvgIpc) is 3.19. The summed E-state index contributed by atoms with van der Waals surface area (Å²) in [5, 5.41) is 9.71. The molecule has 116 valence electrons. The molecule has 0 atom stereocenters. The molecular weight excluding hydrogens is 302 g/mol. The van der Waals surface area contributed by atoms with Crippen LogP contribution in [-0.2, 0) is 12.6 Å². The Hall–Kier alpha value is -2.31. The molecule has 1 aliphatic rings. The SMILES string of the molecule is OC(Cc1coc(-c2ccc(F)c(C(F)(F)F)c2)n1)=C1CC1. The fraction of sp³-hybridized carbons (Fsp3) is 0.267. The fourth-order valence-corrected chi connectivity index (χ4v) is 2.04. The maximum absolute atomic E-state index is 13.2. The summed E-state index contributed by atoms with van der Waals surface area (Å²) in [6.07, 6.45) is -1.64. The molecule has 0 unspecified atom stereocenters. The second-order valence-electron chi connectivity index (χ2n) is 5.06. The average molecular weight is 313 g/mol. The lowest BCUT2D eigenvalue weighted by Gasteiger charge is -2.08. The number of oxazole rings is 1. The summed E-state index contributed by atoms with van der Waals surface area (Å²) in [7, 11) is 0. The number of benzene rings is 1. The Morgan fingerprint density at radius 2 is 2.00 bits per heavy atom. The van der Waals surface area contributed by atoms with Gasteiger partial charge in [0.25, 0.3) is 0 Å². The van der Waals surface area contributed by atoms with Crippen molar-refractivity contribution in [3.05, 3.63) is 52.9 Å². The molecule has 0 radical (unpaired) electrons. The van der Waals surface area contributed by atoms with E-state index in [1.54, 1.807) is 0 Å². The van der Waals surface area contributed by atoms with Crippen molar-refractivity contribution in [2.75, 3.05) is 0 Å². The third-order valence-corrected chi connectivity index (χ3v) is 3.33. The molecule has 0 spiro atoms. The van der Waals surface area contributed by atoms with Gasteiger partial charge in [0, 0.05) is 5.56 Å². The molecule has 1 fully saturated rings. The first-order chi connectivity index (χ1) is 10.3. The van der Waals surface area contributed by atoms with Crippen LogP contribution in [0.3, 0.4) is 0 Å². The highest BCUT2D eigenvalue weighted by atomic mass is 19.4. The molecule has 0 amide bonds. The highest BCUT2D eigenvalue weighted by Crippen LogP contribution is 2.35. The van der Waals surface area contributed by atoms with Crippen molar-refractivity contribution in [1.29, 1.82) is 0 Å². The standard InChI is InChI=1S/C15H11F4NO2/c16-12-4-3-9(5-11(12)15(17,18)19)14-20-10(7-22-14)6-13(21)8-1-2-8/h3-5,7,21H,1-2,6H2. The Labute approximate surface area is 122 Å². The molecule has 22 heavy (non-hydrogen) atoms. The number of allylic oxidation sites excluding steroid dienone is 2. The maximum Gasteiger partial charge on any atom is 0.419 e. The molecule has 0 aliphatic heterocycles. The summed E-state index contributed by atoms with van der Waals surface area (Å²) >= 11 is 0. The summed E-state index contributed by atoms with van der Waals surface area (Å²) in [5.41, 5.74) is 0.0155. The van der Waals surface area contributed by atoms with E-state index in [0.717, 1.165) is 24.5 Å². The van der Waals surface area contributed by atoms with Crippen molar-refractivity contribution in [3.8, 4) is 11.5 Å². The molecule has 3 nitrogen and oxygen atoms in total. The molecule has 2 aromatic rings. The van der Waals surface area contributed by atoms with Crippen LogP contribution in [-0.4, -0.2) is 10.1 Å². The highest BCUT2D eigenvalue weighted by Gasteiger charge is 2.34. The minimum atomic E-state index is -4.79. The second-order valence-corrected chi connectivity index (χ2v) is 5.06. The van der Waals surface area contributed by atoms with Gasteiger partial charge in [-0.2, -0.15) is 13.2 Å². The monoisotopic (exact) mass is 313 g/mol. The van der Waals surface area contributed by atoms with Crippen molar-refractivity contribution in [3.63, 3.8) is 0 Å². The van der Waals surface area contributed by atoms with E-state index in [1.165, 1.54) is 12.3 Å². The van der Waals surface area contributed by atoms with Crippen LogP contribution in [0.1, 0.15) is 24.1 Å². The second kappa shape index (κ2) is 5.15. The molecule has 0 saturated heterocycles. The first kappa shape index (κ1) is 14.6. The van der Waals surface area contributed by atoms with Crippen LogP contribution < -0.4 is 0 Å². The number of alkyl halides is 3. The van der Waals surface area contributed by atoms with Crippen LogP contribution >= 0.6 is 0 Å². The Kier molecular flexibility index (Phi) is 3.42. The van der Waals surface area contributed by atoms with Gasteiger partial charge in [-0.05, 0) is 36.6 Å². The molecule has 1 heterocycles. The van der Waals surface area contributed by atoms with E-state index < -0.39 is 17.6 Å². The van der Waals surface area contributed by atoms with E-state index in [2.05, 4.69) is 4.98 Å². The van der Waals surface area contributed by atoms with Crippen LogP contribution in [0.5, 0.6) is 0 Å². The Morgan fingerprint density at radius 1 is 1.27 bits per heavy atom. The Bertz CT molecular complexity index is 740. The van der Waals surface area contributed by atoms with E-state index in [1.807, 2.05) is 0 Å². The van der Waals surface area contributed by atoms with Gasteiger partial charge in [0.05, 0.1) is 23.4 Å². The zero-order valence-corrected chi connectivity index (χ0v) is 11.2. The lowest BCUT2D eigenvalue weighted by atomic mass is 10.1. The fourth-order valence-electron chi connectivity index (χ4n) is 2.04. The summed E-state index contributed by atoms with van der Waals surface area (Å²) in [5.74, 6) is -1.18. The third-order valence-electron chi connectivity index (χ3n) is 3.33. The quantitative estimate of drug-likeness (QED) is 0.663. The first-order valence-electron chi connectivity index (χ1n) is 6.56. The van der Waals surface area contributed by atoms with Crippen LogP contribution in [0.4, 0.5) is 17.6 Å². The van der Waals surface area contributed by atoms with Crippen molar-refractivity contribution in [1.82, 2.24) is 4.98 Å². The predicted octanol–water partition coefficient (Wildman–Crippen LogP) is 4.65. The minimum Gasteiger partial charge on any atom is -0.512 e. The van der Waals surface area contributed by atoms with Crippen LogP contribution in [0.15, 0.2) is 40.2 Å². The van der Waals surface area contributed by atoms with Crippen molar-refractivity contribution >= 4 is 0 Å². The van der Waals surface area contributed by atoms with Crippen LogP contribution in [0.2, 0.25) is 0 Å². The Morgan fingerprint density at radius 3 is 2.64 bits per heavy atom. The van der Waals surface area contributed by atoms with Gasteiger partial charge in [0.2, 0.25) is 5.89 Å². The normalized spacial score (nSPS) is 14.3. The van der Waals surface area contributed by atoms with E-state index in [-0.39, 0.29) is 23.6 Å². The van der Waals surface area contributed by atoms with E-state index in [9.17, 15) is 22.7 Å². The molecule has 1 aromatic heterocycles. The van der Waals surface area contributed by atoms with Crippen molar-refractivity contribution in [2.24, 2.45) is 0 Å². The summed E-state index contributed by atoms with van der Waals surface area (Å²) in [6, 6.07) is 2.55. The topological polar surface area (TPSA) is 46.3 Å². The summed E-state index contributed by atoms with van der Waals surface area (Å²) < 4.78 is 56.4. The van der Waals surface area contributed by atoms with E-state index in [0.29, 0.717) is 11.8 Å². The molecule has 1 aromatic carbocycles. The lowest BCUT2D eigenvalue weighted by molar-refractivity contribution is -0.139. The van der Waals surface area contributed by atoms with Gasteiger partial charge in [0.15, 0.2) is 0 Å². The number of aliphatic hydroxyl groups excluding tert-OH is 1. The zero-order chi connectivity index (χ0) is 15.9. The number of nitrogens with zero attached hydrogens (tertiary/aromatic N) is 1. The van der Waals surface area contributed by atoms with Gasteiger partial charge in [-0.1, -0.05) is 0 Å². The van der Waals surface area contributed by atoms with Gasteiger partial charge >= 0.3 is 6.18 Å². The van der Waals surface area contributed by atoms with Crippen molar-refractivity contribution in [2.45, 2.75) is 25.4 Å². The van der Waals surface area contributed by atoms with Gasteiger partial charge in [-0.3, -0.25) is 0 Å². The summed E-state index contributed by atoms with van der Waals surface area (Å²) in [4.78, 5) is 4.03. The number of aliphatic hydroxyl groups is 1. The van der Waals surface area contributed by atoms with E-state index in [4.69, 9.17) is 4.42 Å². The van der Waals surface area contributed by atoms with Crippen molar-refractivity contribution < 1.29 is 27.1 Å². The number of halogens is 4. The van der Waals surface area contributed by atoms with Gasteiger partial charge in [-0.25, -0.2) is 9.37 Å². The van der Waals surface area contributed by atoms with E-state index >= 15 is 0 Å². The molecule has 1 N–H and O–H groups in total. The molecule has 3 rings (SSSR count). The zero-order valence-electron chi connectivity index (χ0n) is 11.2. The first-order valence-corrected chi connectivity index (χ1v) is 6.56. The molecule has 1 saturated carbocycles. The smallest absolute Gasteiger partial charge is 0.419 e. The highest BCUT2D eigenvalue weighted by molar-refractivity contribution is 5.55. The number of aromatic nitrogens is 1. The number of rotatable bonds is 3. The number of hydrogen-bond donors (Lipinski definition) is 1. The largest absolute Gasteiger partial charge is 0.512 e. The molecule has 7 heteroatoms. The molecular formula is C15H11F4NO2. The minimum absolute atomic E-state index is 0.0264. The van der Waals surface area contributed by atoms with Crippen LogP contribution in [0.25, 0.3) is 11.5 Å². The van der Waals surface area contributed by atoms with Gasteiger partial charge in [-0.15, -0.1) is 0 Å². The predicted molar refractivity (Wildman–Crippen MR) is 69.5 cm³/mol. The Balaban J connectivity index is 1.88. The maximum atomic E-state index is 13.2. The number of hydrogen-bond acceptors (Lipinski definition) is 3. The van der Waals surface area contributed by atoms with Gasteiger partial charge < -0.3 is 9.52 Å². The van der Waals surface area contributed by atoms with Gasteiger partial charge in [0.1, 0.15) is 12.1 Å². The summed E-state index contributed by atoms with van der Waals surface area (Å²) in [6.45, 7) is 0. The third kappa shape index (κ3) is 2.98. The van der Waals surface area contributed by atoms with Crippen LogP contribution in [0, 0.1) is 5.82 Å². The lowest BCUT2D eigenvalue weighted by Crippen LogP contribution is -2.08. The molecule has 1 aliphatic carbocycles. The molecule has 0 bridgehead atoms.